The smallest absolute Gasteiger partial charge is 0.253 e. The molecule has 1 N–H and O–H groups in total. The maximum Gasteiger partial charge on any atom is 0.253 e. The molecule has 3 aromatic rings. The molecule has 0 bridgehead atoms. The minimum Gasteiger partial charge on any atom is -0.387 e. The van der Waals surface area contributed by atoms with E-state index in [1.54, 1.807) is 6.20 Å². The molecule has 0 saturated carbocycles. The summed E-state index contributed by atoms with van der Waals surface area (Å²) in [5.41, 5.74) is 4.66. The molecule has 1 aromatic carbocycles. The average Bonchev–Trinajstić information content (AvgIpc) is 2.74. The normalized spacial score (nSPS) is 16.3. The number of piperidine rings is 1. The lowest BCUT2D eigenvalue weighted by atomic mass is 9.89. The van der Waals surface area contributed by atoms with Gasteiger partial charge in [0, 0.05) is 24.8 Å². The summed E-state index contributed by atoms with van der Waals surface area (Å²) in [5, 5.41) is 10.6. The first-order valence-electron chi connectivity index (χ1n) is 9.66. The number of carbonyl (C=O) groups is 1. The quantitative estimate of drug-likeness (QED) is 0.759. The van der Waals surface area contributed by atoms with E-state index in [4.69, 9.17) is 0 Å². The summed E-state index contributed by atoms with van der Waals surface area (Å²) in [4.78, 5) is 28.1. The van der Waals surface area contributed by atoms with Gasteiger partial charge in [0.15, 0.2) is 0 Å². The Bertz CT molecular complexity index is 998. The number of pyridine rings is 1. The Morgan fingerprint density at radius 1 is 1.07 bits per heavy atom. The number of aryl methyl sites for hydroxylation is 2. The van der Waals surface area contributed by atoms with Gasteiger partial charge in [0.25, 0.3) is 5.91 Å². The fourth-order valence-corrected chi connectivity index (χ4v) is 3.76. The zero-order valence-corrected chi connectivity index (χ0v) is 16.2. The van der Waals surface area contributed by atoms with Gasteiger partial charge in [-0.05, 0) is 62.9 Å². The van der Waals surface area contributed by atoms with Gasteiger partial charge in [0.1, 0.15) is 0 Å². The van der Waals surface area contributed by atoms with Gasteiger partial charge in [-0.25, -0.2) is 9.97 Å². The van der Waals surface area contributed by atoms with Crippen molar-refractivity contribution in [3.8, 4) is 0 Å². The minimum absolute atomic E-state index is 0.00713. The second kappa shape index (κ2) is 7.64. The molecule has 1 unspecified atom stereocenters. The maximum absolute atomic E-state index is 12.9. The Morgan fingerprint density at radius 2 is 1.79 bits per heavy atom. The molecular weight excluding hydrogens is 352 g/mol. The van der Waals surface area contributed by atoms with Crippen LogP contribution in [0.2, 0.25) is 0 Å². The Hall–Kier alpha value is -2.86. The number of fused-ring (bicyclic) bond motifs is 1. The SMILES string of the molecule is Cc1nc2ccc(C(=O)N3CCC(C(O)c4ccccn4)CC3)cc2nc1C. The summed E-state index contributed by atoms with van der Waals surface area (Å²) in [6, 6.07) is 11.1. The van der Waals surface area contributed by atoms with Crippen LogP contribution in [-0.2, 0) is 0 Å². The molecule has 6 heteroatoms. The number of aromatic nitrogens is 3. The fraction of sp³-hybridized carbons (Fsp3) is 0.364. The average molecular weight is 376 g/mol. The van der Waals surface area contributed by atoms with Crippen molar-refractivity contribution in [1.82, 2.24) is 19.9 Å². The molecule has 0 radical (unpaired) electrons. The highest BCUT2D eigenvalue weighted by Gasteiger charge is 2.29. The minimum atomic E-state index is -0.583. The molecule has 1 saturated heterocycles. The van der Waals surface area contributed by atoms with Crippen LogP contribution in [0.4, 0.5) is 0 Å². The van der Waals surface area contributed by atoms with Gasteiger partial charge in [-0.3, -0.25) is 9.78 Å². The second-order valence-electron chi connectivity index (χ2n) is 7.43. The number of hydrogen-bond acceptors (Lipinski definition) is 5. The number of benzene rings is 1. The van der Waals surface area contributed by atoms with E-state index in [0.29, 0.717) is 24.3 Å². The molecule has 0 spiro atoms. The molecular formula is C22H24N4O2. The molecule has 1 atom stereocenters. The summed E-state index contributed by atoms with van der Waals surface area (Å²) < 4.78 is 0. The molecule has 28 heavy (non-hydrogen) atoms. The summed E-state index contributed by atoms with van der Waals surface area (Å²) in [5.74, 6) is 0.125. The van der Waals surface area contributed by atoms with Crippen LogP contribution in [0.5, 0.6) is 0 Å². The van der Waals surface area contributed by atoms with Gasteiger partial charge in [0.2, 0.25) is 0 Å². The number of carbonyl (C=O) groups excluding carboxylic acids is 1. The van der Waals surface area contributed by atoms with Gasteiger partial charge in [-0.1, -0.05) is 6.07 Å². The maximum atomic E-state index is 12.9. The lowest BCUT2D eigenvalue weighted by Crippen LogP contribution is -2.39. The van der Waals surface area contributed by atoms with Crippen molar-refractivity contribution in [3.63, 3.8) is 0 Å². The number of aliphatic hydroxyl groups is 1. The highest BCUT2D eigenvalue weighted by atomic mass is 16.3. The Kier molecular flexibility index (Phi) is 5.05. The molecule has 1 aliphatic heterocycles. The van der Waals surface area contributed by atoms with Gasteiger partial charge in [-0.2, -0.15) is 0 Å². The lowest BCUT2D eigenvalue weighted by molar-refractivity contribution is 0.0447. The van der Waals surface area contributed by atoms with Gasteiger partial charge < -0.3 is 10.0 Å². The van der Waals surface area contributed by atoms with Crippen molar-refractivity contribution in [1.29, 1.82) is 0 Å². The topological polar surface area (TPSA) is 79.2 Å². The lowest BCUT2D eigenvalue weighted by Gasteiger charge is -2.34. The molecule has 1 aliphatic rings. The van der Waals surface area contributed by atoms with Crippen LogP contribution in [0.3, 0.4) is 0 Å². The Labute approximate surface area is 164 Å². The number of nitrogens with zero attached hydrogens (tertiary/aromatic N) is 4. The summed E-state index contributed by atoms with van der Waals surface area (Å²) >= 11 is 0. The first kappa shape index (κ1) is 18.5. The first-order valence-corrected chi connectivity index (χ1v) is 9.66. The fourth-order valence-electron chi connectivity index (χ4n) is 3.76. The monoisotopic (exact) mass is 376 g/mol. The van der Waals surface area contributed by atoms with Gasteiger partial charge in [-0.15, -0.1) is 0 Å². The third-order valence-electron chi connectivity index (χ3n) is 5.59. The van der Waals surface area contributed by atoms with Crippen LogP contribution in [-0.4, -0.2) is 44.0 Å². The van der Waals surface area contributed by atoms with E-state index >= 15 is 0 Å². The first-order chi connectivity index (χ1) is 13.5. The van der Waals surface area contributed by atoms with Crippen molar-refractivity contribution in [2.75, 3.05) is 13.1 Å². The molecule has 1 fully saturated rings. The molecule has 6 nitrogen and oxygen atoms in total. The van der Waals surface area contributed by atoms with E-state index in [9.17, 15) is 9.90 Å². The van der Waals surface area contributed by atoms with Crippen molar-refractivity contribution >= 4 is 16.9 Å². The van der Waals surface area contributed by atoms with Crippen molar-refractivity contribution < 1.29 is 9.90 Å². The third kappa shape index (κ3) is 3.60. The van der Waals surface area contributed by atoms with E-state index in [-0.39, 0.29) is 11.8 Å². The Balaban J connectivity index is 1.45. The number of hydrogen-bond donors (Lipinski definition) is 1. The van der Waals surface area contributed by atoms with E-state index in [2.05, 4.69) is 15.0 Å². The van der Waals surface area contributed by atoms with Crippen LogP contribution >= 0.6 is 0 Å². The molecule has 1 amide bonds. The van der Waals surface area contributed by atoms with Crippen LogP contribution in [0.15, 0.2) is 42.6 Å². The van der Waals surface area contributed by atoms with Crippen LogP contribution in [0.1, 0.15) is 46.4 Å². The van der Waals surface area contributed by atoms with Crippen molar-refractivity contribution in [2.45, 2.75) is 32.8 Å². The molecule has 0 aliphatic carbocycles. The van der Waals surface area contributed by atoms with Crippen LogP contribution in [0, 0.1) is 19.8 Å². The molecule has 3 heterocycles. The summed E-state index contributed by atoms with van der Waals surface area (Å²) in [6.07, 6.45) is 2.63. The predicted molar refractivity (Wildman–Crippen MR) is 107 cm³/mol. The largest absolute Gasteiger partial charge is 0.387 e. The van der Waals surface area contributed by atoms with Gasteiger partial charge >= 0.3 is 0 Å². The van der Waals surface area contributed by atoms with Crippen molar-refractivity contribution in [3.05, 3.63) is 65.2 Å². The van der Waals surface area contributed by atoms with E-state index in [0.717, 1.165) is 35.3 Å². The van der Waals surface area contributed by atoms with Crippen LogP contribution < -0.4 is 0 Å². The molecule has 2 aromatic heterocycles. The van der Waals surface area contributed by atoms with Gasteiger partial charge in [0.05, 0.1) is 34.2 Å². The van der Waals surface area contributed by atoms with E-state index in [1.807, 2.05) is 55.1 Å². The Morgan fingerprint density at radius 3 is 2.46 bits per heavy atom. The van der Waals surface area contributed by atoms with E-state index in [1.165, 1.54) is 0 Å². The summed E-state index contributed by atoms with van der Waals surface area (Å²) in [6.45, 7) is 5.12. The zero-order valence-electron chi connectivity index (χ0n) is 16.2. The van der Waals surface area contributed by atoms with E-state index < -0.39 is 6.10 Å². The predicted octanol–water partition coefficient (Wildman–Crippen LogP) is 3.23. The van der Waals surface area contributed by atoms with Crippen molar-refractivity contribution in [2.24, 2.45) is 5.92 Å². The standard InChI is InChI=1S/C22H24N4O2/c1-14-15(2)25-20-13-17(6-7-18(20)24-14)22(28)26-11-8-16(9-12-26)21(27)19-5-3-4-10-23-19/h3-7,10,13,16,21,27H,8-9,11-12H2,1-2H3. The highest BCUT2D eigenvalue weighted by Crippen LogP contribution is 2.30. The number of rotatable bonds is 3. The highest BCUT2D eigenvalue weighted by molar-refractivity contribution is 5.97. The molecule has 4 rings (SSSR count). The number of amides is 1. The number of aliphatic hydroxyl groups excluding tert-OH is 1. The summed E-state index contributed by atoms with van der Waals surface area (Å²) in [7, 11) is 0. The zero-order chi connectivity index (χ0) is 19.7. The number of likely N-dealkylation sites (tertiary alicyclic amines) is 1. The second-order valence-corrected chi connectivity index (χ2v) is 7.43. The van der Waals surface area contributed by atoms with Crippen LogP contribution in [0.25, 0.3) is 11.0 Å². The molecule has 144 valence electrons. The third-order valence-corrected chi connectivity index (χ3v) is 5.59.